The third-order valence-corrected chi connectivity index (χ3v) is 4.20. The van der Waals surface area contributed by atoms with Gasteiger partial charge in [-0.15, -0.1) is 0 Å². The maximum atomic E-state index is 11.9. The van der Waals surface area contributed by atoms with E-state index < -0.39 is 0 Å². The van der Waals surface area contributed by atoms with Crippen LogP contribution in [0.2, 0.25) is 0 Å². The zero-order chi connectivity index (χ0) is 12.4. The number of hydrogen-bond donors (Lipinski definition) is 0. The average Bonchev–Trinajstić information content (AvgIpc) is 2.70. The largest absolute Gasteiger partial charge is 0.311 e. The Morgan fingerprint density at radius 3 is 2.88 bits per heavy atom. The van der Waals surface area contributed by atoms with Crippen molar-refractivity contribution in [2.75, 3.05) is 16.8 Å². The van der Waals surface area contributed by atoms with E-state index >= 15 is 0 Å². The average molecular weight is 358 g/mol. The lowest BCUT2D eigenvalue weighted by Crippen LogP contribution is -2.25. The van der Waals surface area contributed by atoms with Crippen molar-refractivity contribution in [2.45, 2.75) is 6.42 Å². The van der Waals surface area contributed by atoms with Crippen molar-refractivity contribution in [3.05, 3.63) is 28.2 Å². The predicted octanol–water partition coefficient (Wildman–Crippen LogP) is 3.07. The Morgan fingerprint density at radius 2 is 2.29 bits per heavy atom. The van der Waals surface area contributed by atoms with E-state index in [0.717, 1.165) is 9.80 Å². The van der Waals surface area contributed by atoms with Gasteiger partial charge < -0.3 is 4.90 Å². The summed E-state index contributed by atoms with van der Waals surface area (Å²) in [6, 6.07) is 7.54. The van der Waals surface area contributed by atoms with Crippen molar-refractivity contribution in [2.24, 2.45) is 5.92 Å². The molecule has 1 aliphatic rings. The Hall–Kier alpha value is -0.860. The number of nitriles is 1. The molecule has 5 heteroatoms. The molecule has 1 heterocycles. The molecule has 0 bridgehead atoms. The van der Waals surface area contributed by atoms with Crippen LogP contribution >= 0.6 is 31.9 Å². The first-order chi connectivity index (χ1) is 8.15. The van der Waals surface area contributed by atoms with Gasteiger partial charge in [-0.1, -0.05) is 31.9 Å². The molecular weight excluding hydrogens is 348 g/mol. The zero-order valence-electron chi connectivity index (χ0n) is 8.99. The highest BCUT2D eigenvalue weighted by molar-refractivity contribution is 9.10. The monoisotopic (exact) mass is 356 g/mol. The number of halogens is 2. The lowest BCUT2D eigenvalue weighted by Gasteiger charge is -2.17. The van der Waals surface area contributed by atoms with E-state index in [-0.39, 0.29) is 5.91 Å². The van der Waals surface area contributed by atoms with Crippen LogP contribution in [0.15, 0.2) is 22.7 Å². The Kier molecular flexibility index (Phi) is 3.85. The molecule has 1 saturated heterocycles. The van der Waals surface area contributed by atoms with Crippen molar-refractivity contribution in [1.29, 1.82) is 5.26 Å². The molecule has 2 rings (SSSR count). The summed E-state index contributed by atoms with van der Waals surface area (Å²) >= 11 is 6.72. The van der Waals surface area contributed by atoms with Gasteiger partial charge in [-0.25, -0.2) is 0 Å². The number of hydrogen-bond acceptors (Lipinski definition) is 2. The second-order valence-corrected chi connectivity index (χ2v) is 5.57. The van der Waals surface area contributed by atoms with Crippen molar-refractivity contribution in [3.8, 4) is 6.07 Å². The smallest absolute Gasteiger partial charge is 0.227 e. The van der Waals surface area contributed by atoms with Gasteiger partial charge in [-0.3, -0.25) is 4.79 Å². The van der Waals surface area contributed by atoms with Crippen molar-refractivity contribution >= 4 is 43.5 Å². The Morgan fingerprint density at radius 1 is 1.53 bits per heavy atom. The number of nitrogens with zero attached hydrogens (tertiary/aromatic N) is 2. The fourth-order valence-corrected chi connectivity index (χ4v) is 2.75. The van der Waals surface area contributed by atoms with E-state index in [4.69, 9.17) is 5.26 Å². The number of alkyl halides is 1. The predicted molar refractivity (Wildman–Crippen MR) is 73.1 cm³/mol. The van der Waals surface area contributed by atoms with Crippen molar-refractivity contribution < 1.29 is 4.79 Å². The van der Waals surface area contributed by atoms with Gasteiger partial charge in [0.25, 0.3) is 0 Å². The van der Waals surface area contributed by atoms with Gasteiger partial charge in [-0.2, -0.15) is 5.26 Å². The first-order valence-electron chi connectivity index (χ1n) is 5.21. The lowest BCUT2D eigenvalue weighted by atomic mass is 10.1. The van der Waals surface area contributed by atoms with Crippen LogP contribution in [0.5, 0.6) is 0 Å². The van der Waals surface area contributed by atoms with E-state index in [1.165, 1.54) is 0 Å². The van der Waals surface area contributed by atoms with Crippen LogP contribution < -0.4 is 4.90 Å². The highest BCUT2D eigenvalue weighted by atomic mass is 79.9. The summed E-state index contributed by atoms with van der Waals surface area (Å²) in [6.45, 7) is 0.681. The molecule has 0 spiro atoms. The fourth-order valence-electron chi connectivity index (χ4n) is 1.95. The number of anilines is 1. The van der Waals surface area contributed by atoms with Crippen LogP contribution in [0.3, 0.4) is 0 Å². The van der Waals surface area contributed by atoms with Crippen molar-refractivity contribution in [1.82, 2.24) is 0 Å². The molecule has 0 aromatic heterocycles. The maximum absolute atomic E-state index is 11.9. The number of carbonyl (C=O) groups is 1. The van der Waals surface area contributed by atoms with Crippen LogP contribution in [0.4, 0.5) is 5.69 Å². The van der Waals surface area contributed by atoms with E-state index in [1.54, 1.807) is 11.0 Å². The molecule has 1 unspecified atom stereocenters. The summed E-state index contributed by atoms with van der Waals surface area (Å²) in [6.07, 6.45) is 0.548. The minimum absolute atomic E-state index is 0.0910. The molecule has 1 fully saturated rings. The number of carbonyl (C=O) groups excluding carboxylic acids is 1. The molecule has 0 aliphatic carbocycles. The van der Waals surface area contributed by atoms with Crippen LogP contribution in [0.25, 0.3) is 0 Å². The van der Waals surface area contributed by atoms with Gasteiger partial charge in [-0.05, 0) is 24.1 Å². The van der Waals surface area contributed by atoms with Crippen LogP contribution in [-0.2, 0) is 4.79 Å². The zero-order valence-corrected chi connectivity index (χ0v) is 12.2. The minimum atomic E-state index is 0.0910. The highest BCUT2D eigenvalue weighted by Crippen LogP contribution is 2.30. The molecule has 1 atom stereocenters. The normalized spacial score (nSPS) is 19.5. The topological polar surface area (TPSA) is 44.1 Å². The lowest BCUT2D eigenvalue weighted by molar-refractivity contribution is -0.117. The van der Waals surface area contributed by atoms with Crippen LogP contribution in [0.1, 0.15) is 12.0 Å². The Bertz CT molecular complexity index is 496. The van der Waals surface area contributed by atoms with Crippen molar-refractivity contribution in [3.63, 3.8) is 0 Å². The summed E-state index contributed by atoms with van der Waals surface area (Å²) in [5.74, 6) is 0.422. The third kappa shape index (κ3) is 2.53. The van der Waals surface area contributed by atoms with E-state index in [9.17, 15) is 4.79 Å². The molecule has 0 saturated carbocycles. The fraction of sp³-hybridized carbons (Fsp3) is 0.333. The van der Waals surface area contributed by atoms with Crippen LogP contribution in [0, 0.1) is 17.2 Å². The van der Waals surface area contributed by atoms with E-state index in [2.05, 4.69) is 37.9 Å². The number of benzene rings is 1. The number of rotatable bonds is 2. The molecule has 3 nitrogen and oxygen atoms in total. The maximum Gasteiger partial charge on any atom is 0.227 e. The third-order valence-electron chi connectivity index (χ3n) is 2.79. The minimum Gasteiger partial charge on any atom is -0.311 e. The van der Waals surface area contributed by atoms with Gasteiger partial charge in [0.1, 0.15) is 6.07 Å². The molecule has 1 aromatic rings. The second-order valence-electron chi connectivity index (χ2n) is 4.00. The Labute approximate surface area is 117 Å². The summed E-state index contributed by atoms with van der Waals surface area (Å²) in [7, 11) is 0. The van der Waals surface area contributed by atoms with Gasteiger partial charge in [0.2, 0.25) is 5.91 Å². The van der Waals surface area contributed by atoms with Gasteiger partial charge in [0.05, 0.1) is 11.3 Å². The molecule has 17 heavy (non-hydrogen) atoms. The molecule has 0 N–H and O–H groups in total. The Balaban J connectivity index is 2.35. The van der Waals surface area contributed by atoms with Crippen LogP contribution in [-0.4, -0.2) is 17.8 Å². The SMILES string of the molecule is N#Cc1cc(Br)ccc1N1CC(CBr)CC1=O. The number of amides is 1. The summed E-state index contributed by atoms with van der Waals surface area (Å²) in [5, 5.41) is 9.91. The summed E-state index contributed by atoms with van der Waals surface area (Å²) in [4.78, 5) is 13.6. The molecule has 1 aromatic carbocycles. The molecule has 0 radical (unpaired) electrons. The second kappa shape index (κ2) is 5.19. The van der Waals surface area contributed by atoms with Gasteiger partial charge >= 0.3 is 0 Å². The van der Waals surface area contributed by atoms with E-state index in [1.807, 2.05) is 12.1 Å². The highest BCUT2D eigenvalue weighted by Gasteiger charge is 2.31. The quantitative estimate of drug-likeness (QED) is 0.763. The molecule has 1 aliphatic heterocycles. The first-order valence-corrected chi connectivity index (χ1v) is 7.13. The molecule has 88 valence electrons. The van der Waals surface area contributed by atoms with Gasteiger partial charge in [0.15, 0.2) is 0 Å². The van der Waals surface area contributed by atoms with E-state index in [0.29, 0.717) is 30.1 Å². The van der Waals surface area contributed by atoms with Gasteiger partial charge in [0, 0.05) is 22.8 Å². The summed E-state index contributed by atoms with van der Waals surface area (Å²) < 4.78 is 0.849. The first kappa shape index (κ1) is 12.6. The summed E-state index contributed by atoms with van der Waals surface area (Å²) in [5.41, 5.74) is 1.24. The standard InChI is InChI=1S/C12H10Br2N2O/c13-5-8-3-12(17)16(7-8)11-2-1-10(14)4-9(11)6-15/h1-2,4,8H,3,5,7H2. The molecular formula is C12H10Br2N2O. The molecule has 1 amide bonds.